The molecule has 19 heavy (non-hydrogen) atoms. The summed E-state index contributed by atoms with van der Waals surface area (Å²) in [5, 5.41) is 0. The molecular weight excluding hydrogens is 300 g/mol. The molecule has 0 bridgehead atoms. The van der Waals surface area contributed by atoms with Crippen LogP contribution >= 0.6 is 15.9 Å². The van der Waals surface area contributed by atoms with Crippen LogP contribution in [0.1, 0.15) is 28.3 Å². The second-order valence-corrected chi connectivity index (χ2v) is 5.81. The van der Waals surface area contributed by atoms with Crippen LogP contribution in [-0.2, 0) is 6.42 Å². The Balaban J connectivity index is 2.18. The van der Waals surface area contributed by atoms with Crippen molar-refractivity contribution >= 4 is 15.9 Å². The predicted octanol–water partition coefficient (Wildman–Crippen LogP) is 3.81. The van der Waals surface area contributed by atoms with E-state index in [0.717, 1.165) is 10.9 Å². The van der Waals surface area contributed by atoms with E-state index in [4.69, 9.17) is 5.84 Å². The van der Waals surface area contributed by atoms with Gasteiger partial charge in [-0.2, -0.15) is 0 Å². The number of hydrazine groups is 1. The molecule has 2 nitrogen and oxygen atoms in total. The van der Waals surface area contributed by atoms with E-state index in [1.54, 1.807) is 0 Å². The molecule has 0 aliphatic carbocycles. The van der Waals surface area contributed by atoms with E-state index in [2.05, 4.69) is 65.5 Å². The van der Waals surface area contributed by atoms with Crippen molar-refractivity contribution in [3.05, 3.63) is 69.2 Å². The van der Waals surface area contributed by atoms with E-state index in [1.165, 1.54) is 22.3 Å². The summed E-state index contributed by atoms with van der Waals surface area (Å²) in [6.07, 6.45) is 0.888. The Morgan fingerprint density at radius 3 is 2.32 bits per heavy atom. The number of halogens is 1. The molecule has 0 aliphatic heterocycles. The van der Waals surface area contributed by atoms with Gasteiger partial charge in [-0.15, -0.1) is 0 Å². The van der Waals surface area contributed by atoms with Gasteiger partial charge in [0.1, 0.15) is 0 Å². The first kappa shape index (κ1) is 14.3. The van der Waals surface area contributed by atoms with Gasteiger partial charge in [0.05, 0.1) is 0 Å². The largest absolute Gasteiger partial charge is 0.271 e. The Morgan fingerprint density at radius 2 is 1.74 bits per heavy atom. The molecule has 3 N–H and O–H groups in total. The molecule has 0 radical (unpaired) electrons. The molecule has 0 saturated carbocycles. The Kier molecular flexibility index (Phi) is 4.75. The van der Waals surface area contributed by atoms with Crippen molar-refractivity contribution in [2.24, 2.45) is 5.84 Å². The Hall–Kier alpha value is -1.16. The van der Waals surface area contributed by atoms with Crippen LogP contribution in [0.3, 0.4) is 0 Å². The normalized spacial score (nSPS) is 12.4. The number of benzene rings is 2. The maximum atomic E-state index is 5.70. The monoisotopic (exact) mass is 318 g/mol. The Bertz CT molecular complexity index is 549. The molecule has 2 aromatic carbocycles. The van der Waals surface area contributed by atoms with Gasteiger partial charge in [0.25, 0.3) is 0 Å². The molecule has 0 amide bonds. The third-order valence-electron chi connectivity index (χ3n) is 3.48. The summed E-state index contributed by atoms with van der Waals surface area (Å²) in [4.78, 5) is 0. The molecule has 100 valence electrons. The van der Waals surface area contributed by atoms with Crippen LogP contribution in [0.15, 0.2) is 46.9 Å². The predicted molar refractivity (Wildman–Crippen MR) is 83.8 cm³/mol. The van der Waals surface area contributed by atoms with Crippen LogP contribution in [0.2, 0.25) is 0 Å². The summed E-state index contributed by atoms with van der Waals surface area (Å²) < 4.78 is 1.08. The van der Waals surface area contributed by atoms with Crippen molar-refractivity contribution in [2.45, 2.75) is 26.3 Å². The standard InChI is InChI=1S/C16H19BrN2/c1-11-3-4-13(9-12(11)2)10-16(19-18)14-5-7-15(17)8-6-14/h3-9,16,19H,10,18H2,1-2H3. The molecule has 3 heteroatoms. The Morgan fingerprint density at radius 1 is 1.05 bits per heavy atom. The molecule has 0 saturated heterocycles. The van der Waals surface area contributed by atoms with Gasteiger partial charge in [0.15, 0.2) is 0 Å². The molecule has 2 rings (SSSR count). The maximum absolute atomic E-state index is 5.70. The van der Waals surface area contributed by atoms with Gasteiger partial charge in [0, 0.05) is 10.5 Å². The van der Waals surface area contributed by atoms with Crippen molar-refractivity contribution in [1.82, 2.24) is 5.43 Å². The molecule has 0 heterocycles. The fraction of sp³-hybridized carbons (Fsp3) is 0.250. The molecule has 0 fully saturated rings. The molecule has 0 aliphatic rings. The molecule has 2 aromatic rings. The third-order valence-corrected chi connectivity index (χ3v) is 4.01. The molecule has 1 unspecified atom stereocenters. The SMILES string of the molecule is Cc1ccc(CC(NN)c2ccc(Br)cc2)cc1C. The first-order chi connectivity index (χ1) is 9.10. The highest BCUT2D eigenvalue weighted by Crippen LogP contribution is 2.21. The molecular formula is C16H19BrN2. The summed E-state index contributed by atoms with van der Waals surface area (Å²) in [6, 6.07) is 15.0. The second-order valence-electron chi connectivity index (χ2n) is 4.89. The molecule has 0 aromatic heterocycles. The first-order valence-corrected chi connectivity index (χ1v) is 7.17. The zero-order valence-corrected chi connectivity index (χ0v) is 12.9. The van der Waals surface area contributed by atoms with E-state index >= 15 is 0 Å². The molecule has 1 atom stereocenters. The topological polar surface area (TPSA) is 38.0 Å². The van der Waals surface area contributed by atoms with E-state index in [-0.39, 0.29) is 6.04 Å². The van der Waals surface area contributed by atoms with E-state index in [0.29, 0.717) is 0 Å². The summed E-state index contributed by atoms with van der Waals surface area (Å²) in [5.41, 5.74) is 8.05. The average Bonchev–Trinajstić information content (AvgIpc) is 2.41. The number of hydrogen-bond acceptors (Lipinski definition) is 2. The molecule has 0 spiro atoms. The summed E-state index contributed by atoms with van der Waals surface area (Å²) >= 11 is 3.45. The maximum Gasteiger partial charge on any atom is 0.0500 e. The van der Waals surface area contributed by atoms with Crippen LogP contribution in [0.5, 0.6) is 0 Å². The highest BCUT2D eigenvalue weighted by Gasteiger charge is 2.10. The van der Waals surface area contributed by atoms with Crippen molar-refractivity contribution in [3.63, 3.8) is 0 Å². The minimum Gasteiger partial charge on any atom is -0.271 e. The van der Waals surface area contributed by atoms with Gasteiger partial charge in [-0.1, -0.05) is 46.3 Å². The van der Waals surface area contributed by atoms with E-state index in [9.17, 15) is 0 Å². The smallest absolute Gasteiger partial charge is 0.0500 e. The zero-order chi connectivity index (χ0) is 13.8. The van der Waals surface area contributed by atoms with Gasteiger partial charge < -0.3 is 0 Å². The van der Waals surface area contributed by atoms with Gasteiger partial charge in [-0.3, -0.25) is 11.3 Å². The first-order valence-electron chi connectivity index (χ1n) is 6.38. The highest BCUT2D eigenvalue weighted by atomic mass is 79.9. The van der Waals surface area contributed by atoms with Gasteiger partial charge in [-0.05, 0) is 54.7 Å². The minimum absolute atomic E-state index is 0.134. The number of nitrogens with two attached hydrogens (primary N) is 1. The zero-order valence-electron chi connectivity index (χ0n) is 11.3. The van der Waals surface area contributed by atoms with Crippen LogP contribution in [0.4, 0.5) is 0 Å². The van der Waals surface area contributed by atoms with Crippen molar-refractivity contribution < 1.29 is 0 Å². The average molecular weight is 319 g/mol. The van der Waals surface area contributed by atoms with E-state index in [1.807, 2.05) is 12.1 Å². The van der Waals surface area contributed by atoms with Crippen LogP contribution < -0.4 is 11.3 Å². The highest BCUT2D eigenvalue weighted by molar-refractivity contribution is 9.10. The lowest BCUT2D eigenvalue weighted by Gasteiger charge is -2.17. The second kappa shape index (κ2) is 6.33. The summed E-state index contributed by atoms with van der Waals surface area (Å²) in [7, 11) is 0. The fourth-order valence-electron chi connectivity index (χ4n) is 2.13. The van der Waals surface area contributed by atoms with Crippen molar-refractivity contribution in [3.8, 4) is 0 Å². The van der Waals surface area contributed by atoms with Gasteiger partial charge in [-0.25, -0.2) is 0 Å². The van der Waals surface area contributed by atoms with Gasteiger partial charge >= 0.3 is 0 Å². The van der Waals surface area contributed by atoms with Crippen LogP contribution in [0, 0.1) is 13.8 Å². The number of hydrogen-bond donors (Lipinski definition) is 2. The lowest BCUT2D eigenvalue weighted by Crippen LogP contribution is -2.29. The van der Waals surface area contributed by atoms with Gasteiger partial charge in [0.2, 0.25) is 0 Å². The lowest BCUT2D eigenvalue weighted by molar-refractivity contribution is 0.552. The van der Waals surface area contributed by atoms with Crippen LogP contribution in [-0.4, -0.2) is 0 Å². The summed E-state index contributed by atoms with van der Waals surface area (Å²) in [6.45, 7) is 4.27. The van der Waals surface area contributed by atoms with Crippen LogP contribution in [0.25, 0.3) is 0 Å². The number of nitrogens with one attached hydrogen (secondary N) is 1. The number of aryl methyl sites for hydroxylation is 2. The van der Waals surface area contributed by atoms with E-state index < -0.39 is 0 Å². The van der Waals surface area contributed by atoms with Crippen molar-refractivity contribution in [2.75, 3.05) is 0 Å². The quantitative estimate of drug-likeness (QED) is 0.664. The minimum atomic E-state index is 0.134. The third kappa shape index (κ3) is 3.66. The number of rotatable bonds is 4. The summed E-state index contributed by atoms with van der Waals surface area (Å²) in [5.74, 6) is 5.70. The van der Waals surface area contributed by atoms with Crippen molar-refractivity contribution in [1.29, 1.82) is 0 Å². The Labute approximate surface area is 123 Å². The lowest BCUT2D eigenvalue weighted by atomic mass is 9.97. The fourth-order valence-corrected chi connectivity index (χ4v) is 2.40.